The lowest BCUT2D eigenvalue weighted by Crippen LogP contribution is -1.95. The molecule has 0 amide bonds. The van der Waals surface area contributed by atoms with Gasteiger partial charge in [-0.3, -0.25) is 10.1 Å². The summed E-state index contributed by atoms with van der Waals surface area (Å²) in [5.41, 5.74) is 2.39. The van der Waals surface area contributed by atoms with E-state index in [-0.39, 0.29) is 5.69 Å². The molecule has 6 nitrogen and oxygen atoms in total. The fourth-order valence-corrected chi connectivity index (χ4v) is 3.33. The van der Waals surface area contributed by atoms with Crippen LogP contribution >= 0.6 is 11.6 Å². The normalized spacial score (nSPS) is 10.6. The number of nitro benzene ring substituents is 1. The number of halogens is 1. The Morgan fingerprint density at radius 3 is 2.61 bits per heavy atom. The molecule has 0 spiro atoms. The van der Waals surface area contributed by atoms with E-state index in [0.717, 1.165) is 5.39 Å². The molecule has 0 aliphatic heterocycles. The number of non-ortho nitro benzene ring substituents is 1. The monoisotopic (exact) mass is 385 g/mol. The number of nitrogens with zero attached hydrogens (tertiary/aromatic N) is 4. The molecule has 7 heteroatoms. The minimum absolute atomic E-state index is 0.104. The zero-order valence-electron chi connectivity index (χ0n) is 14.3. The quantitative estimate of drug-likeness (QED) is 0.357. The highest BCUT2D eigenvalue weighted by Crippen LogP contribution is 2.41. The maximum Gasteiger partial charge on any atom is 0.270 e. The molecule has 0 aliphatic carbocycles. The van der Waals surface area contributed by atoms with E-state index < -0.39 is 4.92 Å². The first-order valence-electron chi connectivity index (χ1n) is 8.19. The summed E-state index contributed by atoms with van der Waals surface area (Å²) < 4.78 is 0. The summed E-state index contributed by atoms with van der Waals surface area (Å²) in [4.78, 5) is 19.1. The Hall–Kier alpha value is -3.82. The molecule has 0 fully saturated rings. The van der Waals surface area contributed by atoms with Crippen LogP contribution in [0.15, 0.2) is 61.1 Å². The third-order valence-electron chi connectivity index (χ3n) is 4.35. The number of nitriles is 1. The van der Waals surface area contributed by atoms with Gasteiger partial charge >= 0.3 is 0 Å². The van der Waals surface area contributed by atoms with Crippen LogP contribution in [0.5, 0.6) is 0 Å². The molecule has 0 saturated carbocycles. The van der Waals surface area contributed by atoms with Crippen LogP contribution in [0.2, 0.25) is 5.02 Å². The second-order valence-electron chi connectivity index (χ2n) is 5.92. The van der Waals surface area contributed by atoms with Gasteiger partial charge in [0.25, 0.3) is 5.69 Å². The summed E-state index contributed by atoms with van der Waals surface area (Å²) in [6.45, 7) is 0. The Balaban J connectivity index is 2.17. The van der Waals surface area contributed by atoms with Gasteiger partial charge in [-0.25, -0.2) is 9.97 Å². The Bertz CT molecular complexity index is 1270. The molecule has 0 unspecified atom stereocenters. The maximum absolute atomic E-state index is 11.3. The van der Waals surface area contributed by atoms with E-state index in [1.165, 1.54) is 24.5 Å². The number of fused-ring (bicyclic) bond motifs is 1. The van der Waals surface area contributed by atoms with Gasteiger partial charge < -0.3 is 0 Å². The highest BCUT2D eigenvalue weighted by molar-refractivity contribution is 6.33. The van der Waals surface area contributed by atoms with Crippen LogP contribution in [-0.2, 0) is 0 Å². The molecule has 3 aromatic carbocycles. The summed E-state index contributed by atoms with van der Waals surface area (Å²) in [5, 5.41) is 22.7. The second-order valence-corrected chi connectivity index (χ2v) is 6.33. The number of aromatic nitrogens is 2. The minimum atomic E-state index is -0.490. The number of hydrogen-bond donors (Lipinski definition) is 0. The molecule has 4 rings (SSSR count). The molecule has 1 radical (unpaired) electrons. The van der Waals surface area contributed by atoms with Crippen molar-refractivity contribution in [2.24, 2.45) is 0 Å². The van der Waals surface area contributed by atoms with Gasteiger partial charge in [-0.2, -0.15) is 5.26 Å². The molecule has 0 aliphatic rings. The lowest BCUT2D eigenvalue weighted by atomic mass is 9.89. The molecular weight excluding hydrogens is 376 g/mol. The molecule has 4 aromatic rings. The average molecular weight is 386 g/mol. The molecule has 0 bridgehead atoms. The number of benzene rings is 3. The van der Waals surface area contributed by atoms with Gasteiger partial charge in [0.05, 0.1) is 16.2 Å². The Labute approximate surface area is 164 Å². The smallest absolute Gasteiger partial charge is 0.258 e. The average Bonchev–Trinajstić information content (AvgIpc) is 2.73. The zero-order valence-corrected chi connectivity index (χ0v) is 15.0. The second kappa shape index (κ2) is 7.06. The van der Waals surface area contributed by atoms with Crippen molar-refractivity contribution in [3.05, 3.63) is 87.8 Å². The molecule has 1 aromatic heterocycles. The van der Waals surface area contributed by atoms with Gasteiger partial charge in [0.1, 0.15) is 12.4 Å². The Kier molecular flexibility index (Phi) is 4.44. The molecule has 0 saturated heterocycles. The Morgan fingerprint density at radius 2 is 1.93 bits per heavy atom. The van der Waals surface area contributed by atoms with Crippen LogP contribution in [0, 0.1) is 27.5 Å². The lowest BCUT2D eigenvalue weighted by Gasteiger charge is -2.15. The third kappa shape index (κ3) is 2.94. The van der Waals surface area contributed by atoms with Gasteiger partial charge in [0, 0.05) is 51.5 Å². The highest BCUT2D eigenvalue weighted by atomic mass is 35.5. The Morgan fingerprint density at radius 1 is 1.14 bits per heavy atom. The first-order valence-corrected chi connectivity index (χ1v) is 8.56. The van der Waals surface area contributed by atoms with Crippen molar-refractivity contribution in [2.75, 3.05) is 0 Å². The summed E-state index contributed by atoms with van der Waals surface area (Å²) in [6, 6.07) is 18.6. The highest BCUT2D eigenvalue weighted by Gasteiger charge is 2.20. The molecule has 28 heavy (non-hydrogen) atoms. The molecular formula is C21H10ClN4O2. The van der Waals surface area contributed by atoms with E-state index in [1.807, 2.05) is 24.3 Å². The van der Waals surface area contributed by atoms with Crippen molar-refractivity contribution in [3.63, 3.8) is 0 Å². The van der Waals surface area contributed by atoms with Crippen molar-refractivity contribution < 1.29 is 4.92 Å². The van der Waals surface area contributed by atoms with Crippen LogP contribution < -0.4 is 0 Å². The largest absolute Gasteiger partial charge is 0.270 e. The minimum Gasteiger partial charge on any atom is -0.258 e. The first kappa shape index (κ1) is 17.6. The van der Waals surface area contributed by atoms with Crippen molar-refractivity contribution in [2.45, 2.75) is 0 Å². The number of nitro groups is 1. The topological polar surface area (TPSA) is 92.7 Å². The van der Waals surface area contributed by atoms with Crippen molar-refractivity contribution in [1.29, 1.82) is 5.26 Å². The van der Waals surface area contributed by atoms with Crippen molar-refractivity contribution in [3.8, 4) is 28.5 Å². The van der Waals surface area contributed by atoms with Crippen LogP contribution in [-0.4, -0.2) is 14.9 Å². The number of rotatable bonds is 3. The SMILES string of the molecule is N#Cc1[c]c(-c2cc([N+](=O)[O-])ccc2Cl)c(-c2ccncn2)c2ccccc12. The summed E-state index contributed by atoms with van der Waals surface area (Å²) in [5.74, 6) is 0. The van der Waals surface area contributed by atoms with E-state index in [1.54, 1.807) is 12.3 Å². The van der Waals surface area contributed by atoms with Gasteiger partial charge in [-0.05, 0) is 17.5 Å². The zero-order chi connectivity index (χ0) is 19.7. The summed E-state index contributed by atoms with van der Waals surface area (Å²) in [6.07, 6.45) is 3.02. The fraction of sp³-hybridized carbons (Fsp3) is 0. The van der Waals surface area contributed by atoms with Crippen LogP contribution in [0.3, 0.4) is 0 Å². The van der Waals surface area contributed by atoms with Crippen molar-refractivity contribution in [1.82, 2.24) is 9.97 Å². The van der Waals surface area contributed by atoms with Crippen molar-refractivity contribution >= 4 is 28.1 Å². The molecule has 0 atom stereocenters. The van der Waals surface area contributed by atoms with Gasteiger partial charge in [-0.1, -0.05) is 35.9 Å². The predicted octanol–water partition coefficient (Wildman–Crippen LogP) is 5.20. The lowest BCUT2D eigenvalue weighted by molar-refractivity contribution is -0.384. The first-order chi connectivity index (χ1) is 13.6. The van der Waals surface area contributed by atoms with E-state index in [2.05, 4.69) is 22.1 Å². The molecule has 133 valence electrons. The van der Waals surface area contributed by atoms with Gasteiger partial charge in [0.2, 0.25) is 0 Å². The van der Waals surface area contributed by atoms with E-state index in [0.29, 0.717) is 38.4 Å². The van der Waals surface area contributed by atoms with E-state index in [4.69, 9.17) is 11.6 Å². The predicted molar refractivity (Wildman–Crippen MR) is 106 cm³/mol. The number of hydrogen-bond acceptors (Lipinski definition) is 5. The van der Waals surface area contributed by atoms with E-state index in [9.17, 15) is 15.4 Å². The maximum atomic E-state index is 11.3. The van der Waals surface area contributed by atoms with Gasteiger partial charge in [-0.15, -0.1) is 0 Å². The van der Waals surface area contributed by atoms with E-state index >= 15 is 0 Å². The molecule has 0 N–H and O–H groups in total. The fourth-order valence-electron chi connectivity index (χ4n) is 3.12. The third-order valence-corrected chi connectivity index (χ3v) is 4.68. The van der Waals surface area contributed by atoms with Gasteiger partial charge in [0.15, 0.2) is 0 Å². The van der Waals surface area contributed by atoms with Crippen LogP contribution in [0.4, 0.5) is 5.69 Å². The molecule has 1 heterocycles. The summed E-state index contributed by atoms with van der Waals surface area (Å²) in [7, 11) is 0. The van der Waals surface area contributed by atoms with Crippen LogP contribution in [0.1, 0.15) is 5.56 Å². The van der Waals surface area contributed by atoms with Crippen LogP contribution in [0.25, 0.3) is 33.2 Å². The standard InChI is InChI=1S/C21H10ClN4O2/c22-19-6-5-14(26(27)28)10-17(19)18-9-13(11-23)15-3-1-2-4-16(15)21(18)20-7-8-24-12-25-20/h1-8,10,12H. The summed E-state index contributed by atoms with van der Waals surface area (Å²) >= 11 is 6.38.